The molecule has 0 saturated heterocycles. The topological polar surface area (TPSA) is 86.8 Å². The van der Waals surface area contributed by atoms with Crippen molar-refractivity contribution in [3.05, 3.63) is 131 Å². The van der Waals surface area contributed by atoms with Crippen LogP contribution in [0.3, 0.4) is 0 Å². The van der Waals surface area contributed by atoms with Crippen molar-refractivity contribution in [1.29, 1.82) is 0 Å². The third-order valence-electron chi connectivity index (χ3n) is 8.03. The molecule has 0 heterocycles. The van der Waals surface area contributed by atoms with Crippen molar-refractivity contribution in [3.63, 3.8) is 0 Å². The Morgan fingerprint density at radius 2 is 1.39 bits per heavy atom. The van der Waals surface area contributed by atoms with Crippen LogP contribution < -0.4 is 9.62 Å². The molecule has 0 bridgehead atoms. The van der Waals surface area contributed by atoms with Crippen LogP contribution >= 0.6 is 0 Å². The van der Waals surface area contributed by atoms with E-state index in [-0.39, 0.29) is 29.7 Å². The minimum atomic E-state index is -4.13. The van der Waals surface area contributed by atoms with Crippen LogP contribution in [0.25, 0.3) is 0 Å². The summed E-state index contributed by atoms with van der Waals surface area (Å²) in [4.78, 5) is 30.0. The van der Waals surface area contributed by atoms with Gasteiger partial charge in [-0.15, -0.1) is 0 Å². The van der Waals surface area contributed by atoms with E-state index in [9.17, 15) is 18.0 Å². The monoisotopic (exact) mass is 639 g/mol. The van der Waals surface area contributed by atoms with Crippen LogP contribution in [-0.4, -0.2) is 44.3 Å². The van der Waals surface area contributed by atoms with Gasteiger partial charge in [0.05, 0.1) is 10.6 Å². The van der Waals surface area contributed by atoms with Gasteiger partial charge in [0.15, 0.2) is 0 Å². The number of amides is 2. The Bertz CT molecular complexity index is 1660. The number of carbonyl (C=O) groups is 2. The van der Waals surface area contributed by atoms with Crippen LogP contribution in [0.1, 0.15) is 61.8 Å². The highest BCUT2D eigenvalue weighted by Crippen LogP contribution is 2.27. The maximum Gasteiger partial charge on any atom is 0.264 e. The summed E-state index contributed by atoms with van der Waals surface area (Å²) in [6.45, 7) is 8.33. The van der Waals surface area contributed by atoms with E-state index < -0.39 is 28.5 Å². The summed E-state index contributed by atoms with van der Waals surface area (Å²) in [6, 6.07) is 31.9. The molecule has 242 valence electrons. The Morgan fingerprint density at radius 3 is 1.98 bits per heavy atom. The minimum Gasteiger partial charge on any atom is -0.354 e. The zero-order valence-corrected chi connectivity index (χ0v) is 28.0. The van der Waals surface area contributed by atoms with Gasteiger partial charge < -0.3 is 10.2 Å². The smallest absolute Gasteiger partial charge is 0.264 e. The molecule has 46 heavy (non-hydrogen) atoms. The number of aryl methyl sites for hydroxylation is 1. The van der Waals surface area contributed by atoms with Crippen molar-refractivity contribution in [1.82, 2.24) is 10.2 Å². The summed E-state index contributed by atoms with van der Waals surface area (Å²) in [5.41, 5.74) is 4.25. The summed E-state index contributed by atoms with van der Waals surface area (Å²) < 4.78 is 29.5. The predicted octanol–water partition coefficient (Wildman–Crippen LogP) is 6.87. The SMILES string of the molecule is CCCCNC(=O)[C@@H](Cc1ccccc1)N(Cc1ccc(C)cc1)C(=O)CN(c1ccc(C(C)C)cc1)S(=O)(=O)c1ccccc1. The lowest BCUT2D eigenvalue weighted by Crippen LogP contribution is -2.53. The molecule has 8 heteroatoms. The lowest BCUT2D eigenvalue weighted by molar-refractivity contribution is -0.140. The Labute approximate surface area is 274 Å². The Kier molecular flexibility index (Phi) is 12.1. The molecule has 1 atom stereocenters. The van der Waals surface area contributed by atoms with Crippen molar-refractivity contribution in [2.24, 2.45) is 0 Å². The van der Waals surface area contributed by atoms with Gasteiger partial charge in [-0.3, -0.25) is 13.9 Å². The second-order valence-corrected chi connectivity index (χ2v) is 13.8. The van der Waals surface area contributed by atoms with E-state index in [1.54, 1.807) is 30.3 Å². The molecule has 0 radical (unpaired) electrons. The van der Waals surface area contributed by atoms with E-state index in [0.29, 0.717) is 12.2 Å². The van der Waals surface area contributed by atoms with Crippen LogP contribution in [-0.2, 0) is 32.6 Å². The lowest BCUT2D eigenvalue weighted by atomic mass is 10.0. The maximum atomic E-state index is 14.6. The molecular formula is C38H45N3O4S. The minimum absolute atomic E-state index is 0.0824. The van der Waals surface area contributed by atoms with E-state index in [2.05, 4.69) is 26.1 Å². The van der Waals surface area contributed by atoms with Crippen LogP contribution in [0.15, 0.2) is 114 Å². The van der Waals surface area contributed by atoms with E-state index in [4.69, 9.17) is 0 Å². The fourth-order valence-corrected chi connectivity index (χ4v) is 6.66. The third-order valence-corrected chi connectivity index (χ3v) is 9.82. The molecule has 4 aromatic carbocycles. The number of hydrogen-bond donors (Lipinski definition) is 1. The molecule has 1 N–H and O–H groups in total. The van der Waals surface area contributed by atoms with Crippen LogP contribution in [0.2, 0.25) is 0 Å². The highest BCUT2D eigenvalue weighted by molar-refractivity contribution is 7.92. The second kappa shape index (κ2) is 16.2. The fourth-order valence-electron chi connectivity index (χ4n) is 5.22. The summed E-state index contributed by atoms with van der Waals surface area (Å²) in [5, 5.41) is 3.03. The number of anilines is 1. The normalized spacial score (nSPS) is 12.0. The number of sulfonamides is 1. The Morgan fingerprint density at radius 1 is 0.783 bits per heavy atom. The molecule has 7 nitrogen and oxygen atoms in total. The number of unbranched alkanes of at least 4 members (excludes halogenated alkanes) is 1. The van der Waals surface area contributed by atoms with Crippen molar-refractivity contribution in [2.75, 3.05) is 17.4 Å². The quantitative estimate of drug-likeness (QED) is 0.144. The zero-order valence-electron chi connectivity index (χ0n) is 27.2. The molecule has 0 fully saturated rings. The average Bonchev–Trinajstić information content (AvgIpc) is 3.07. The van der Waals surface area contributed by atoms with Gasteiger partial charge in [-0.25, -0.2) is 8.42 Å². The zero-order chi connectivity index (χ0) is 33.1. The number of rotatable bonds is 15. The van der Waals surface area contributed by atoms with Gasteiger partial charge in [0.25, 0.3) is 10.0 Å². The average molecular weight is 640 g/mol. The van der Waals surface area contributed by atoms with Gasteiger partial charge in [-0.2, -0.15) is 0 Å². The summed E-state index contributed by atoms with van der Waals surface area (Å²) in [7, 11) is -4.13. The molecule has 0 spiro atoms. The number of carbonyl (C=O) groups excluding carboxylic acids is 2. The number of nitrogens with zero attached hydrogens (tertiary/aromatic N) is 2. The van der Waals surface area contributed by atoms with Gasteiger partial charge in [0, 0.05) is 19.5 Å². The second-order valence-electron chi connectivity index (χ2n) is 11.9. The van der Waals surface area contributed by atoms with Crippen LogP contribution in [0.4, 0.5) is 5.69 Å². The fraction of sp³-hybridized carbons (Fsp3) is 0.316. The Hall–Kier alpha value is -4.43. The van der Waals surface area contributed by atoms with Crippen molar-refractivity contribution in [2.45, 2.75) is 70.4 Å². The standard InChI is InChI=1S/C38H45N3O4S/c1-5-6-25-39-38(43)36(26-31-13-9-7-10-14-31)40(27-32-19-17-30(4)18-20-32)37(42)28-41(34-23-21-33(22-24-34)29(2)3)46(44,45)35-15-11-8-12-16-35/h7-24,29,36H,5-6,25-28H2,1-4H3,(H,39,43)/t36-/m1/s1. The first-order valence-corrected chi connectivity index (χ1v) is 17.4. The van der Waals surface area contributed by atoms with Gasteiger partial charge in [-0.05, 0) is 60.2 Å². The van der Waals surface area contributed by atoms with Crippen molar-refractivity contribution in [3.8, 4) is 0 Å². The van der Waals surface area contributed by atoms with Gasteiger partial charge >= 0.3 is 0 Å². The van der Waals surface area contributed by atoms with Gasteiger partial charge in [0.1, 0.15) is 12.6 Å². The molecule has 0 aromatic heterocycles. The summed E-state index contributed by atoms with van der Waals surface area (Å²) in [5.74, 6) is -0.485. The van der Waals surface area contributed by atoms with Crippen molar-refractivity contribution >= 4 is 27.5 Å². The lowest BCUT2D eigenvalue weighted by Gasteiger charge is -2.34. The number of benzene rings is 4. The first-order chi connectivity index (χ1) is 22.1. The summed E-state index contributed by atoms with van der Waals surface area (Å²) in [6.07, 6.45) is 2.01. The highest BCUT2D eigenvalue weighted by Gasteiger charge is 2.34. The van der Waals surface area contributed by atoms with Crippen molar-refractivity contribution < 1.29 is 18.0 Å². The first-order valence-electron chi connectivity index (χ1n) is 15.9. The van der Waals surface area contributed by atoms with Crippen LogP contribution in [0.5, 0.6) is 0 Å². The van der Waals surface area contributed by atoms with E-state index in [0.717, 1.165) is 39.4 Å². The Balaban J connectivity index is 1.78. The molecule has 0 saturated carbocycles. The maximum absolute atomic E-state index is 14.6. The molecule has 4 rings (SSSR count). The third kappa shape index (κ3) is 9.07. The molecule has 2 amide bonds. The predicted molar refractivity (Wildman–Crippen MR) is 185 cm³/mol. The van der Waals surface area contributed by atoms with E-state index >= 15 is 0 Å². The largest absolute Gasteiger partial charge is 0.354 e. The van der Waals surface area contributed by atoms with Crippen LogP contribution in [0, 0.1) is 6.92 Å². The highest BCUT2D eigenvalue weighted by atomic mass is 32.2. The molecular weight excluding hydrogens is 595 g/mol. The molecule has 0 aliphatic rings. The van der Waals surface area contributed by atoms with Gasteiger partial charge in [-0.1, -0.05) is 118 Å². The summed E-state index contributed by atoms with van der Waals surface area (Å²) >= 11 is 0. The van der Waals surface area contributed by atoms with E-state index in [1.165, 1.54) is 17.0 Å². The van der Waals surface area contributed by atoms with E-state index in [1.807, 2.05) is 73.7 Å². The van der Waals surface area contributed by atoms with Gasteiger partial charge in [0.2, 0.25) is 11.8 Å². The molecule has 0 aliphatic heterocycles. The number of hydrogen-bond acceptors (Lipinski definition) is 4. The molecule has 0 unspecified atom stereocenters. The first kappa shape index (κ1) is 34.4. The molecule has 4 aromatic rings. The number of nitrogens with one attached hydrogen (secondary N) is 1. The molecule has 0 aliphatic carbocycles.